The van der Waals surface area contributed by atoms with Gasteiger partial charge in [0.2, 0.25) is 11.8 Å². The van der Waals surface area contributed by atoms with Crippen molar-refractivity contribution in [3.05, 3.63) is 23.8 Å². The first-order valence-electron chi connectivity index (χ1n) is 8.88. The largest absolute Gasteiger partial charge is 0.493 e. The number of rotatable bonds is 7. The fourth-order valence-electron chi connectivity index (χ4n) is 3.45. The molecule has 26 heavy (non-hydrogen) atoms. The van der Waals surface area contributed by atoms with Crippen LogP contribution in [0.5, 0.6) is 11.5 Å². The topological polar surface area (TPSA) is 100 Å². The van der Waals surface area contributed by atoms with Crippen LogP contribution in [-0.2, 0) is 16.1 Å². The Kier molecular flexibility index (Phi) is 5.31. The van der Waals surface area contributed by atoms with Crippen LogP contribution in [0.4, 0.5) is 0 Å². The Morgan fingerprint density at radius 1 is 1.42 bits per heavy atom. The zero-order valence-electron chi connectivity index (χ0n) is 15.0. The zero-order valence-corrected chi connectivity index (χ0v) is 15.0. The summed E-state index contributed by atoms with van der Waals surface area (Å²) in [4.78, 5) is 24.2. The summed E-state index contributed by atoms with van der Waals surface area (Å²) < 4.78 is 11.0. The van der Waals surface area contributed by atoms with Crippen molar-refractivity contribution in [2.24, 2.45) is 11.8 Å². The smallest absolute Gasteiger partial charge is 0.243 e. The Labute approximate surface area is 152 Å². The molecule has 1 saturated heterocycles. The summed E-state index contributed by atoms with van der Waals surface area (Å²) in [6.45, 7) is 2.18. The van der Waals surface area contributed by atoms with E-state index in [9.17, 15) is 9.59 Å². The van der Waals surface area contributed by atoms with Gasteiger partial charge in [0.05, 0.1) is 7.11 Å². The van der Waals surface area contributed by atoms with Crippen LogP contribution in [0.3, 0.4) is 0 Å². The molecule has 7 nitrogen and oxygen atoms in total. The van der Waals surface area contributed by atoms with Crippen LogP contribution < -0.4 is 20.1 Å². The van der Waals surface area contributed by atoms with E-state index in [2.05, 4.69) is 16.7 Å². The summed E-state index contributed by atoms with van der Waals surface area (Å²) in [6.07, 6.45) is 1.79. The SMILES string of the molecule is CCC(C#N)Oc1cc(CNC(=O)[C@@H]2NC(=O)[C@H]3CC[C@H]32)ccc1OC. The number of carbonyl (C=O) groups is 2. The second-order valence-electron chi connectivity index (χ2n) is 6.68. The second-order valence-corrected chi connectivity index (χ2v) is 6.68. The van der Waals surface area contributed by atoms with Gasteiger partial charge in [0.15, 0.2) is 17.6 Å². The minimum Gasteiger partial charge on any atom is -0.493 e. The molecule has 1 aliphatic carbocycles. The molecule has 2 aliphatic rings. The lowest BCUT2D eigenvalue weighted by Gasteiger charge is -2.30. The first-order chi connectivity index (χ1) is 12.6. The van der Waals surface area contributed by atoms with Gasteiger partial charge >= 0.3 is 0 Å². The molecule has 2 fully saturated rings. The lowest BCUT2D eigenvalue weighted by molar-refractivity contribution is -0.126. The molecule has 0 radical (unpaired) electrons. The molecule has 2 amide bonds. The molecule has 0 spiro atoms. The van der Waals surface area contributed by atoms with Gasteiger partial charge < -0.3 is 20.1 Å². The molecule has 1 aliphatic heterocycles. The van der Waals surface area contributed by atoms with Gasteiger partial charge in [-0.15, -0.1) is 0 Å². The molecule has 4 atom stereocenters. The molecule has 2 N–H and O–H groups in total. The molecule has 0 aromatic heterocycles. The molecule has 7 heteroatoms. The Morgan fingerprint density at radius 3 is 2.81 bits per heavy atom. The van der Waals surface area contributed by atoms with E-state index in [-0.39, 0.29) is 23.7 Å². The minimum atomic E-state index is -0.557. The molecule has 1 saturated carbocycles. The van der Waals surface area contributed by atoms with Gasteiger partial charge in [0, 0.05) is 12.5 Å². The maximum absolute atomic E-state index is 12.4. The Morgan fingerprint density at radius 2 is 2.23 bits per heavy atom. The van der Waals surface area contributed by atoms with Crippen molar-refractivity contribution in [1.29, 1.82) is 5.26 Å². The van der Waals surface area contributed by atoms with Crippen LogP contribution >= 0.6 is 0 Å². The van der Waals surface area contributed by atoms with Gasteiger partial charge in [-0.2, -0.15) is 5.26 Å². The van der Waals surface area contributed by atoms with E-state index in [1.54, 1.807) is 12.1 Å². The van der Waals surface area contributed by atoms with Crippen molar-refractivity contribution in [1.82, 2.24) is 10.6 Å². The van der Waals surface area contributed by atoms with E-state index in [0.717, 1.165) is 18.4 Å². The van der Waals surface area contributed by atoms with Crippen molar-refractivity contribution in [3.63, 3.8) is 0 Å². The van der Waals surface area contributed by atoms with E-state index >= 15 is 0 Å². The van der Waals surface area contributed by atoms with Gasteiger partial charge in [-0.1, -0.05) is 13.0 Å². The van der Waals surface area contributed by atoms with Crippen LogP contribution in [0.2, 0.25) is 0 Å². The van der Waals surface area contributed by atoms with E-state index in [0.29, 0.717) is 24.5 Å². The number of carbonyl (C=O) groups excluding carboxylic acids is 2. The molecule has 3 rings (SSSR count). The summed E-state index contributed by atoms with van der Waals surface area (Å²) in [6, 6.07) is 7.00. The normalized spacial score (nSPS) is 24.5. The first kappa shape index (κ1) is 18.1. The van der Waals surface area contributed by atoms with E-state index in [4.69, 9.17) is 14.7 Å². The van der Waals surface area contributed by atoms with Crippen molar-refractivity contribution in [2.45, 2.75) is 44.9 Å². The summed E-state index contributed by atoms with van der Waals surface area (Å²) >= 11 is 0. The first-order valence-corrected chi connectivity index (χ1v) is 8.88. The molecule has 1 heterocycles. The van der Waals surface area contributed by atoms with Crippen molar-refractivity contribution < 1.29 is 19.1 Å². The van der Waals surface area contributed by atoms with Gasteiger partial charge in [-0.25, -0.2) is 0 Å². The fraction of sp³-hybridized carbons (Fsp3) is 0.526. The number of ether oxygens (including phenoxy) is 2. The van der Waals surface area contributed by atoms with E-state index in [1.165, 1.54) is 7.11 Å². The van der Waals surface area contributed by atoms with Gasteiger partial charge in [0.1, 0.15) is 12.1 Å². The van der Waals surface area contributed by atoms with E-state index < -0.39 is 12.1 Å². The second kappa shape index (κ2) is 7.65. The van der Waals surface area contributed by atoms with Crippen LogP contribution in [0.15, 0.2) is 18.2 Å². The number of amides is 2. The van der Waals surface area contributed by atoms with Crippen LogP contribution in [0.1, 0.15) is 31.7 Å². The van der Waals surface area contributed by atoms with Crippen LogP contribution in [-0.4, -0.2) is 31.1 Å². The third-order valence-electron chi connectivity index (χ3n) is 5.15. The molecule has 138 valence electrons. The van der Waals surface area contributed by atoms with Crippen LogP contribution in [0.25, 0.3) is 0 Å². The number of nitriles is 1. The molecule has 0 bridgehead atoms. The molecule has 1 unspecified atom stereocenters. The van der Waals surface area contributed by atoms with Crippen molar-refractivity contribution >= 4 is 11.8 Å². The average molecular weight is 357 g/mol. The maximum Gasteiger partial charge on any atom is 0.243 e. The minimum absolute atomic E-state index is 0.00342. The number of benzene rings is 1. The predicted octanol–water partition coefficient (Wildman–Crippen LogP) is 1.52. The maximum atomic E-state index is 12.4. The highest BCUT2D eigenvalue weighted by Gasteiger charge is 2.50. The zero-order chi connectivity index (χ0) is 18.7. The highest BCUT2D eigenvalue weighted by Crippen LogP contribution is 2.41. The summed E-state index contributed by atoms with van der Waals surface area (Å²) in [5.74, 6) is 0.966. The molecule has 1 aromatic rings. The number of hydrogen-bond acceptors (Lipinski definition) is 5. The molecular formula is C19H23N3O4. The van der Waals surface area contributed by atoms with Gasteiger partial charge in [0.25, 0.3) is 0 Å². The third kappa shape index (κ3) is 3.45. The summed E-state index contributed by atoms with van der Waals surface area (Å²) in [5, 5.41) is 14.8. The molecule has 1 aromatic carbocycles. The fourth-order valence-corrected chi connectivity index (χ4v) is 3.45. The standard InChI is InChI=1S/C19H23N3O4/c1-3-12(9-20)26-16-8-11(4-7-15(16)25-2)10-21-19(24)17-13-5-6-14(13)18(23)22-17/h4,7-8,12-14,17H,3,5-6,10H2,1-2H3,(H,21,24)(H,22,23)/t12?,13-,14+,17-/m1/s1. The lowest BCUT2D eigenvalue weighted by atomic mass is 9.72. The highest BCUT2D eigenvalue weighted by atomic mass is 16.5. The summed E-state index contributed by atoms with van der Waals surface area (Å²) in [7, 11) is 1.54. The summed E-state index contributed by atoms with van der Waals surface area (Å²) in [5.41, 5.74) is 0.830. The lowest BCUT2D eigenvalue weighted by Crippen LogP contribution is -2.45. The Bertz CT molecular complexity index is 743. The van der Waals surface area contributed by atoms with Crippen molar-refractivity contribution in [3.8, 4) is 17.6 Å². The number of methoxy groups -OCH3 is 1. The highest BCUT2D eigenvalue weighted by molar-refractivity contribution is 5.93. The third-order valence-corrected chi connectivity index (χ3v) is 5.15. The Hall–Kier alpha value is -2.75. The monoisotopic (exact) mass is 357 g/mol. The number of nitrogens with one attached hydrogen (secondary N) is 2. The predicted molar refractivity (Wildman–Crippen MR) is 93.3 cm³/mol. The van der Waals surface area contributed by atoms with Gasteiger partial charge in [-0.3, -0.25) is 9.59 Å². The number of nitrogens with zero attached hydrogens (tertiary/aromatic N) is 1. The van der Waals surface area contributed by atoms with Crippen LogP contribution in [0, 0.1) is 23.2 Å². The molecular weight excluding hydrogens is 334 g/mol. The Balaban J connectivity index is 1.63. The van der Waals surface area contributed by atoms with Gasteiger partial charge in [-0.05, 0) is 42.9 Å². The number of hydrogen-bond donors (Lipinski definition) is 2. The number of fused-ring (bicyclic) bond motifs is 1. The quantitative estimate of drug-likeness (QED) is 0.770. The van der Waals surface area contributed by atoms with E-state index in [1.807, 2.05) is 13.0 Å². The van der Waals surface area contributed by atoms with Crippen molar-refractivity contribution in [2.75, 3.05) is 7.11 Å². The average Bonchev–Trinajstić information content (AvgIpc) is 2.85.